The molecule has 2 fully saturated rings. The standard InChI is InChI=1S/C22H38N4O10/c1-6-9(2)14(19(31)25-12(8-27)20(32)33)26-18(30)10(3)24-13(28)7-11(23)16-15(29)17-21(34-16)36-22(4,5)35-17/h9-12,14-17,21,27,29H,6-8,23H2,1-5H3,(H,24,28)(H,25,31)(H,26,30)(H,32,33)/t9-,10-,11-,12-,14-,15-,16?,17+,21+/m0/s1. The van der Waals surface area contributed by atoms with Gasteiger partial charge in [-0.05, 0) is 26.7 Å². The summed E-state index contributed by atoms with van der Waals surface area (Å²) in [6, 6.07) is -4.59. The monoisotopic (exact) mass is 518 g/mol. The van der Waals surface area contributed by atoms with Gasteiger partial charge in [0.15, 0.2) is 12.1 Å². The van der Waals surface area contributed by atoms with Gasteiger partial charge in [0.25, 0.3) is 0 Å². The predicted octanol–water partition coefficient (Wildman–Crippen LogP) is -2.46. The Bertz CT molecular complexity index is 825. The van der Waals surface area contributed by atoms with Crippen molar-refractivity contribution < 1.29 is 48.7 Å². The van der Waals surface area contributed by atoms with Crippen molar-refractivity contribution in [2.75, 3.05) is 6.61 Å². The number of amides is 3. The number of hydrogen-bond acceptors (Lipinski definition) is 10. The molecule has 9 atom stereocenters. The van der Waals surface area contributed by atoms with Crippen LogP contribution in [-0.2, 0) is 33.4 Å². The molecule has 2 rings (SSSR count). The van der Waals surface area contributed by atoms with Crippen molar-refractivity contribution in [1.29, 1.82) is 0 Å². The van der Waals surface area contributed by atoms with Gasteiger partial charge in [0.2, 0.25) is 17.7 Å². The van der Waals surface area contributed by atoms with E-state index in [0.29, 0.717) is 6.42 Å². The van der Waals surface area contributed by atoms with Gasteiger partial charge in [0, 0.05) is 12.5 Å². The summed E-state index contributed by atoms with van der Waals surface area (Å²) in [7, 11) is 0. The quantitative estimate of drug-likeness (QED) is 0.144. The maximum absolute atomic E-state index is 12.7. The van der Waals surface area contributed by atoms with Gasteiger partial charge in [-0.2, -0.15) is 0 Å². The molecule has 0 aromatic heterocycles. The number of hydrogen-bond donors (Lipinski definition) is 7. The number of carbonyl (C=O) groups is 4. The van der Waals surface area contributed by atoms with E-state index in [9.17, 15) is 24.3 Å². The second-order valence-corrected chi connectivity index (χ2v) is 9.67. The van der Waals surface area contributed by atoms with Gasteiger partial charge < -0.3 is 51.2 Å². The Kier molecular flexibility index (Phi) is 10.2. The average molecular weight is 519 g/mol. The molecule has 2 aliphatic heterocycles. The number of aliphatic hydroxyl groups is 2. The van der Waals surface area contributed by atoms with Crippen LogP contribution in [0.25, 0.3) is 0 Å². The van der Waals surface area contributed by atoms with E-state index in [-0.39, 0.29) is 12.3 Å². The van der Waals surface area contributed by atoms with E-state index in [1.54, 1.807) is 27.7 Å². The summed E-state index contributed by atoms with van der Waals surface area (Å²) in [5, 5.41) is 35.9. The fourth-order valence-corrected chi connectivity index (χ4v) is 3.99. The van der Waals surface area contributed by atoms with Crippen LogP contribution in [0.2, 0.25) is 0 Å². The fraction of sp³-hybridized carbons (Fsp3) is 0.818. The zero-order valence-corrected chi connectivity index (χ0v) is 21.1. The fourth-order valence-electron chi connectivity index (χ4n) is 3.99. The van der Waals surface area contributed by atoms with Gasteiger partial charge in [-0.25, -0.2) is 4.79 Å². The SMILES string of the molecule is CC[C@H](C)[C@H](NC(=O)[C@H](C)NC(=O)C[C@H](N)C1O[C@@H]2OC(C)(C)O[C@@H]2[C@H]1O)C(=O)N[C@@H](CO)C(=O)O. The Hall–Kier alpha value is -2.36. The lowest BCUT2D eigenvalue weighted by atomic mass is 9.97. The highest BCUT2D eigenvalue weighted by Crippen LogP contribution is 2.38. The minimum absolute atomic E-state index is 0.270. The topological polar surface area (TPSA) is 219 Å². The number of rotatable bonds is 12. The number of fused-ring (bicyclic) bond motifs is 1. The van der Waals surface area contributed by atoms with Crippen LogP contribution in [0.1, 0.15) is 47.5 Å². The van der Waals surface area contributed by atoms with Crippen molar-refractivity contribution in [3.63, 3.8) is 0 Å². The van der Waals surface area contributed by atoms with E-state index in [1.807, 2.05) is 0 Å². The van der Waals surface area contributed by atoms with Crippen LogP contribution in [0.15, 0.2) is 0 Å². The first-order valence-electron chi connectivity index (χ1n) is 11.9. The number of carboxylic acid groups (broad SMARTS) is 1. The molecular formula is C22H38N4O10. The lowest BCUT2D eigenvalue weighted by Gasteiger charge is -2.27. The average Bonchev–Trinajstić information content (AvgIpc) is 3.26. The zero-order valence-electron chi connectivity index (χ0n) is 21.1. The Balaban J connectivity index is 1.91. The summed E-state index contributed by atoms with van der Waals surface area (Å²) in [4.78, 5) is 48.9. The first kappa shape index (κ1) is 29.9. The molecule has 2 saturated heterocycles. The van der Waals surface area contributed by atoms with Gasteiger partial charge in [-0.1, -0.05) is 20.3 Å². The van der Waals surface area contributed by atoms with Crippen molar-refractivity contribution in [3.8, 4) is 0 Å². The Morgan fingerprint density at radius 3 is 2.22 bits per heavy atom. The second kappa shape index (κ2) is 12.3. The third-order valence-electron chi connectivity index (χ3n) is 6.26. The molecule has 14 heteroatoms. The minimum atomic E-state index is -1.52. The van der Waals surface area contributed by atoms with Crippen molar-refractivity contribution in [1.82, 2.24) is 16.0 Å². The molecular weight excluding hydrogens is 480 g/mol. The maximum Gasteiger partial charge on any atom is 0.328 e. The van der Waals surface area contributed by atoms with Gasteiger partial charge in [-0.15, -0.1) is 0 Å². The molecule has 206 valence electrons. The van der Waals surface area contributed by atoms with Crippen LogP contribution < -0.4 is 21.7 Å². The Morgan fingerprint density at radius 2 is 1.69 bits per heavy atom. The van der Waals surface area contributed by atoms with E-state index in [2.05, 4.69) is 16.0 Å². The molecule has 0 aromatic rings. The molecule has 2 aliphatic rings. The van der Waals surface area contributed by atoms with Crippen molar-refractivity contribution >= 4 is 23.7 Å². The van der Waals surface area contributed by atoms with Gasteiger partial charge in [-0.3, -0.25) is 14.4 Å². The normalized spacial score (nSPS) is 28.8. The molecule has 2 heterocycles. The van der Waals surface area contributed by atoms with Gasteiger partial charge in [0.1, 0.15) is 36.4 Å². The lowest BCUT2D eigenvalue weighted by Crippen LogP contribution is -2.58. The summed E-state index contributed by atoms with van der Waals surface area (Å²) < 4.78 is 16.8. The second-order valence-electron chi connectivity index (χ2n) is 9.67. The van der Waals surface area contributed by atoms with Crippen LogP contribution in [0.4, 0.5) is 0 Å². The van der Waals surface area contributed by atoms with Gasteiger partial charge >= 0.3 is 5.97 Å². The third-order valence-corrected chi connectivity index (χ3v) is 6.26. The molecule has 36 heavy (non-hydrogen) atoms. The summed E-state index contributed by atoms with van der Waals surface area (Å²) in [5.41, 5.74) is 6.08. The number of aliphatic carboxylic acids is 1. The van der Waals surface area contributed by atoms with Crippen molar-refractivity contribution in [3.05, 3.63) is 0 Å². The lowest BCUT2D eigenvalue weighted by molar-refractivity contribution is -0.217. The number of nitrogens with one attached hydrogen (secondary N) is 3. The molecule has 14 nitrogen and oxygen atoms in total. The number of aliphatic hydroxyl groups excluding tert-OH is 2. The number of nitrogens with two attached hydrogens (primary N) is 1. The Morgan fingerprint density at radius 1 is 1.06 bits per heavy atom. The molecule has 0 bridgehead atoms. The van der Waals surface area contributed by atoms with Crippen LogP contribution in [0.5, 0.6) is 0 Å². The molecule has 0 spiro atoms. The first-order chi connectivity index (χ1) is 16.7. The molecule has 3 amide bonds. The largest absolute Gasteiger partial charge is 0.480 e. The summed E-state index contributed by atoms with van der Waals surface area (Å²) in [6.45, 7) is 7.44. The van der Waals surface area contributed by atoms with Crippen LogP contribution in [0, 0.1) is 5.92 Å². The van der Waals surface area contributed by atoms with E-state index in [0.717, 1.165) is 0 Å². The molecule has 1 unspecified atom stereocenters. The van der Waals surface area contributed by atoms with E-state index < -0.39 is 84.9 Å². The van der Waals surface area contributed by atoms with E-state index in [1.165, 1.54) is 6.92 Å². The number of carbonyl (C=O) groups excluding carboxylic acids is 3. The van der Waals surface area contributed by atoms with Gasteiger partial charge in [0.05, 0.1) is 6.61 Å². The van der Waals surface area contributed by atoms with Crippen LogP contribution in [0.3, 0.4) is 0 Å². The zero-order chi connectivity index (χ0) is 27.4. The summed E-state index contributed by atoms with van der Waals surface area (Å²) in [6.07, 6.45) is -3.36. The molecule has 0 aliphatic carbocycles. The highest BCUT2D eigenvalue weighted by Gasteiger charge is 2.55. The van der Waals surface area contributed by atoms with Crippen molar-refractivity contribution in [2.24, 2.45) is 11.7 Å². The van der Waals surface area contributed by atoms with E-state index in [4.69, 9.17) is 30.2 Å². The van der Waals surface area contributed by atoms with E-state index >= 15 is 0 Å². The predicted molar refractivity (Wildman–Crippen MR) is 123 cm³/mol. The summed E-state index contributed by atoms with van der Waals surface area (Å²) in [5.74, 6) is -4.74. The summed E-state index contributed by atoms with van der Waals surface area (Å²) >= 11 is 0. The smallest absolute Gasteiger partial charge is 0.328 e. The highest BCUT2D eigenvalue weighted by molar-refractivity contribution is 5.93. The first-order valence-corrected chi connectivity index (χ1v) is 11.9. The maximum atomic E-state index is 12.7. The Labute approximate surface area is 209 Å². The van der Waals surface area contributed by atoms with Crippen LogP contribution in [-0.4, -0.2) is 100 Å². The molecule has 0 aromatic carbocycles. The minimum Gasteiger partial charge on any atom is -0.480 e. The number of carboxylic acids is 1. The van der Waals surface area contributed by atoms with Crippen LogP contribution >= 0.6 is 0 Å². The third kappa shape index (κ3) is 7.33. The van der Waals surface area contributed by atoms with Crippen molar-refractivity contribution in [2.45, 2.75) is 102 Å². The highest BCUT2D eigenvalue weighted by atomic mass is 16.8. The molecule has 0 radical (unpaired) electrons. The molecule has 0 saturated carbocycles. The molecule has 8 N–H and O–H groups in total. The number of ether oxygens (including phenoxy) is 3.